The van der Waals surface area contributed by atoms with Crippen LogP contribution in [0.25, 0.3) is 0 Å². The Bertz CT molecular complexity index is 374. The fourth-order valence-electron chi connectivity index (χ4n) is 2.50. The molecule has 1 atom stereocenters. The number of urea groups is 1. The fourth-order valence-corrected chi connectivity index (χ4v) is 2.50. The summed E-state index contributed by atoms with van der Waals surface area (Å²) in [5, 5.41) is 9.19. The summed E-state index contributed by atoms with van der Waals surface area (Å²) in [4.78, 5) is 25.4. The van der Waals surface area contributed by atoms with E-state index in [1.165, 1.54) is 0 Å². The van der Waals surface area contributed by atoms with E-state index in [4.69, 9.17) is 0 Å². The zero-order chi connectivity index (χ0) is 16.0. The number of hydrogen-bond acceptors (Lipinski definition) is 2. The summed E-state index contributed by atoms with van der Waals surface area (Å²) < 4.78 is 37.7. The van der Waals surface area contributed by atoms with Gasteiger partial charge in [0.25, 0.3) is 0 Å². The topological polar surface area (TPSA) is 60.9 Å². The molecular formula is C13H21F3N2O3. The highest BCUT2D eigenvalue weighted by Gasteiger charge is 2.38. The lowest BCUT2D eigenvalue weighted by Crippen LogP contribution is -2.52. The second kappa shape index (κ2) is 7.51. The van der Waals surface area contributed by atoms with E-state index in [0.29, 0.717) is 24.2 Å². The molecule has 0 bridgehead atoms. The van der Waals surface area contributed by atoms with Crippen LogP contribution in [0.15, 0.2) is 0 Å². The maximum Gasteiger partial charge on any atom is 0.406 e. The number of rotatable bonds is 4. The minimum absolute atomic E-state index is 0.0405. The normalized spacial score (nSPS) is 20.0. The predicted molar refractivity (Wildman–Crippen MR) is 69.9 cm³/mol. The molecule has 1 rings (SSSR count). The van der Waals surface area contributed by atoms with Gasteiger partial charge in [-0.3, -0.25) is 0 Å². The van der Waals surface area contributed by atoms with Gasteiger partial charge in [0.15, 0.2) is 0 Å². The van der Waals surface area contributed by atoms with Crippen molar-refractivity contribution in [2.45, 2.75) is 51.2 Å². The monoisotopic (exact) mass is 310 g/mol. The molecule has 0 saturated carbocycles. The molecule has 0 spiro atoms. The SMILES string of the molecule is CCCN(CC(F)(F)F)C(=O)N1CCCCCC1C(=O)O. The second-order valence-corrected chi connectivity index (χ2v) is 5.22. The van der Waals surface area contributed by atoms with Crippen molar-refractivity contribution in [3.05, 3.63) is 0 Å². The highest BCUT2D eigenvalue weighted by molar-refractivity contribution is 5.82. The molecule has 0 aromatic carbocycles. The van der Waals surface area contributed by atoms with Crippen LogP contribution in [0.4, 0.5) is 18.0 Å². The van der Waals surface area contributed by atoms with Gasteiger partial charge in [-0.25, -0.2) is 9.59 Å². The Labute approximate surface area is 121 Å². The van der Waals surface area contributed by atoms with E-state index in [0.717, 1.165) is 11.3 Å². The van der Waals surface area contributed by atoms with Gasteiger partial charge in [-0.2, -0.15) is 13.2 Å². The third-order valence-electron chi connectivity index (χ3n) is 3.42. The van der Waals surface area contributed by atoms with Crippen LogP contribution in [-0.4, -0.2) is 58.8 Å². The number of likely N-dealkylation sites (tertiary alicyclic amines) is 1. The summed E-state index contributed by atoms with van der Waals surface area (Å²) in [5.41, 5.74) is 0. The molecule has 1 saturated heterocycles. The van der Waals surface area contributed by atoms with Crippen LogP contribution in [0.5, 0.6) is 0 Å². The summed E-state index contributed by atoms with van der Waals surface area (Å²) in [6.45, 7) is 0.478. The quantitative estimate of drug-likeness (QED) is 0.868. The molecule has 2 amide bonds. The van der Waals surface area contributed by atoms with Crippen molar-refractivity contribution in [2.24, 2.45) is 0 Å². The molecule has 0 aliphatic carbocycles. The first-order chi connectivity index (χ1) is 9.76. The van der Waals surface area contributed by atoms with Gasteiger partial charge in [0.05, 0.1) is 0 Å². The standard InChI is InChI=1S/C13H21F3N2O3/c1-2-7-17(9-13(14,15)16)12(21)18-8-5-3-4-6-10(18)11(19)20/h10H,2-9H2,1H3,(H,19,20). The van der Waals surface area contributed by atoms with Gasteiger partial charge in [-0.15, -0.1) is 0 Å². The van der Waals surface area contributed by atoms with Crippen molar-refractivity contribution in [3.8, 4) is 0 Å². The predicted octanol–water partition coefficient (Wildman–Crippen LogP) is 2.71. The lowest BCUT2D eigenvalue weighted by atomic mass is 10.1. The van der Waals surface area contributed by atoms with Crippen molar-refractivity contribution < 1.29 is 27.9 Å². The number of alkyl halides is 3. The fraction of sp³-hybridized carbons (Fsp3) is 0.846. The van der Waals surface area contributed by atoms with Crippen molar-refractivity contribution in [1.82, 2.24) is 9.80 Å². The molecule has 1 aliphatic heterocycles. The van der Waals surface area contributed by atoms with Gasteiger partial charge in [0.1, 0.15) is 12.6 Å². The smallest absolute Gasteiger partial charge is 0.406 e. The van der Waals surface area contributed by atoms with Gasteiger partial charge in [0.2, 0.25) is 0 Å². The number of hydrogen-bond donors (Lipinski definition) is 1. The Morgan fingerprint density at radius 3 is 2.48 bits per heavy atom. The molecule has 1 heterocycles. The molecule has 1 N–H and O–H groups in total. The number of carbonyl (C=O) groups excluding carboxylic acids is 1. The Morgan fingerprint density at radius 2 is 1.95 bits per heavy atom. The Hall–Kier alpha value is -1.47. The maximum absolute atomic E-state index is 12.6. The van der Waals surface area contributed by atoms with E-state index in [2.05, 4.69) is 0 Å². The second-order valence-electron chi connectivity index (χ2n) is 5.22. The van der Waals surface area contributed by atoms with Crippen LogP contribution in [0, 0.1) is 0 Å². The third kappa shape index (κ3) is 5.43. The van der Waals surface area contributed by atoms with Gasteiger partial charge in [-0.05, 0) is 19.3 Å². The molecular weight excluding hydrogens is 289 g/mol. The van der Waals surface area contributed by atoms with Crippen LogP contribution >= 0.6 is 0 Å². The average Bonchev–Trinajstić information content (AvgIpc) is 2.61. The molecule has 1 fully saturated rings. The maximum atomic E-state index is 12.6. The van der Waals surface area contributed by atoms with Gasteiger partial charge in [-0.1, -0.05) is 19.8 Å². The molecule has 122 valence electrons. The largest absolute Gasteiger partial charge is 0.480 e. The lowest BCUT2D eigenvalue weighted by Gasteiger charge is -2.33. The van der Waals surface area contributed by atoms with Crippen LogP contribution in [0.3, 0.4) is 0 Å². The molecule has 8 heteroatoms. The van der Waals surface area contributed by atoms with E-state index < -0.39 is 30.8 Å². The zero-order valence-corrected chi connectivity index (χ0v) is 12.0. The molecule has 0 radical (unpaired) electrons. The molecule has 1 unspecified atom stereocenters. The Kier molecular flexibility index (Phi) is 6.29. The molecule has 21 heavy (non-hydrogen) atoms. The first-order valence-electron chi connectivity index (χ1n) is 7.11. The van der Waals surface area contributed by atoms with Crippen LogP contribution < -0.4 is 0 Å². The van der Waals surface area contributed by atoms with Gasteiger partial charge >= 0.3 is 18.2 Å². The Morgan fingerprint density at radius 1 is 1.29 bits per heavy atom. The number of aliphatic carboxylic acids is 1. The number of nitrogens with zero attached hydrogens (tertiary/aromatic N) is 2. The van der Waals surface area contributed by atoms with E-state index >= 15 is 0 Å². The summed E-state index contributed by atoms with van der Waals surface area (Å²) in [5.74, 6) is -1.16. The van der Waals surface area contributed by atoms with E-state index in [1.807, 2.05) is 0 Å². The van der Waals surface area contributed by atoms with Gasteiger partial charge in [0, 0.05) is 13.1 Å². The summed E-state index contributed by atoms with van der Waals surface area (Å²) in [6.07, 6.45) is -1.77. The number of amides is 2. The number of carbonyl (C=O) groups is 2. The number of halogens is 3. The first kappa shape index (κ1) is 17.6. The molecule has 1 aliphatic rings. The number of carboxylic acid groups (broad SMARTS) is 1. The van der Waals surface area contributed by atoms with Crippen molar-refractivity contribution in [3.63, 3.8) is 0 Å². The van der Waals surface area contributed by atoms with Crippen LogP contribution in [-0.2, 0) is 4.79 Å². The van der Waals surface area contributed by atoms with Crippen LogP contribution in [0.2, 0.25) is 0 Å². The first-order valence-corrected chi connectivity index (χ1v) is 7.11. The molecule has 0 aromatic heterocycles. The van der Waals surface area contributed by atoms with Crippen LogP contribution in [0.1, 0.15) is 39.0 Å². The minimum Gasteiger partial charge on any atom is -0.480 e. The van der Waals surface area contributed by atoms with Crippen molar-refractivity contribution in [1.29, 1.82) is 0 Å². The zero-order valence-electron chi connectivity index (χ0n) is 12.0. The highest BCUT2D eigenvalue weighted by Crippen LogP contribution is 2.22. The van der Waals surface area contributed by atoms with Gasteiger partial charge < -0.3 is 14.9 Å². The summed E-state index contributed by atoms with van der Waals surface area (Å²) >= 11 is 0. The third-order valence-corrected chi connectivity index (χ3v) is 3.42. The van der Waals surface area contributed by atoms with E-state index in [9.17, 15) is 27.9 Å². The average molecular weight is 310 g/mol. The summed E-state index contributed by atoms with van der Waals surface area (Å²) in [7, 11) is 0. The molecule has 5 nitrogen and oxygen atoms in total. The van der Waals surface area contributed by atoms with Crippen molar-refractivity contribution in [2.75, 3.05) is 19.6 Å². The highest BCUT2D eigenvalue weighted by atomic mass is 19.4. The minimum atomic E-state index is -4.49. The molecule has 0 aromatic rings. The van der Waals surface area contributed by atoms with Crippen molar-refractivity contribution >= 4 is 12.0 Å². The van der Waals surface area contributed by atoms with E-state index in [1.54, 1.807) is 6.92 Å². The summed E-state index contributed by atoms with van der Waals surface area (Å²) in [6, 6.07) is -1.86. The van der Waals surface area contributed by atoms with E-state index in [-0.39, 0.29) is 19.5 Å². The number of carboxylic acids is 1. The lowest BCUT2D eigenvalue weighted by molar-refractivity contribution is -0.145. The Balaban J connectivity index is 2.89.